The van der Waals surface area contributed by atoms with E-state index in [4.69, 9.17) is 6.42 Å². The highest BCUT2D eigenvalue weighted by atomic mass is 16.4. The molecule has 7 nitrogen and oxygen atoms in total. The molecule has 0 aromatic heterocycles. The van der Waals surface area contributed by atoms with Gasteiger partial charge in [-0.25, -0.2) is 9.59 Å². The van der Waals surface area contributed by atoms with Crippen LogP contribution in [0.3, 0.4) is 0 Å². The molecule has 7 heteroatoms. The van der Waals surface area contributed by atoms with Gasteiger partial charge in [0.25, 0.3) is 5.91 Å². The van der Waals surface area contributed by atoms with Gasteiger partial charge in [0.05, 0.1) is 12.1 Å². The van der Waals surface area contributed by atoms with Gasteiger partial charge in [0, 0.05) is 13.0 Å². The number of rotatable bonds is 2. The molecule has 4 amide bonds. The topological polar surface area (TPSA) is 90.0 Å². The summed E-state index contributed by atoms with van der Waals surface area (Å²) in [5.74, 6) is 2.03. The number of imide groups is 1. The van der Waals surface area contributed by atoms with Crippen LogP contribution in [0.2, 0.25) is 0 Å². The summed E-state index contributed by atoms with van der Waals surface area (Å²) in [6, 6.07) is -1.15. The average Bonchev–Trinajstić information content (AvgIpc) is 2.97. The smallest absolute Gasteiger partial charge is 0.407 e. The van der Waals surface area contributed by atoms with E-state index in [2.05, 4.69) is 11.2 Å². The van der Waals surface area contributed by atoms with Crippen LogP contribution in [0.1, 0.15) is 19.3 Å². The molecule has 2 bridgehead atoms. The minimum absolute atomic E-state index is 0.231. The molecular weight excluding hydrogens is 250 g/mol. The molecule has 0 aromatic rings. The second kappa shape index (κ2) is 3.63. The van der Waals surface area contributed by atoms with Crippen LogP contribution in [0.15, 0.2) is 0 Å². The molecule has 0 radical (unpaired) electrons. The highest BCUT2D eigenvalue weighted by Gasteiger charge is 2.69. The number of terminal acetylenes is 1. The molecule has 0 aromatic carbocycles. The van der Waals surface area contributed by atoms with Gasteiger partial charge >= 0.3 is 12.1 Å². The van der Waals surface area contributed by atoms with Gasteiger partial charge in [-0.15, -0.1) is 12.3 Å². The van der Waals surface area contributed by atoms with Crippen molar-refractivity contribution >= 4 is 18.0 Å². The second-order valence-electron chi connectivity index (χ2n) is 5.10. The van der Waals surface area contributed by atoms with E-state index in [1.807, 2.05) is 0 Å². The molecule has 3 atom stereocenters. The number of hydrogen-bond acceptors (Lipinski definition) is 3. The van der Waals surface area contributed by atoms with Gasteiger partial charge in [-0.05, 0) is 12.8 Å². The lowest BCUT2D eigenvalue weighted by Crippen LogP contribution is -2.64. The quantitative estimate of drug-likeness (QED) is 0.534. The monoisotopic (exact) mass is 263 g/mol. The Hall–Kier alpha value is -2.23. The number of likely N-dealkylation sites (tertiary alicyclic amines) is 1. The molecule has 3 unspecified atom stereocenters. The fraction of sp³-hybridized carbons (Fsp3) is 0.583. The first-order chi connectivity index (χ1) is 9.02. The average molecular weight is 263 g/mol. The van der Waals surface area contributed by atoms with Crippen LogP contribution in [-0.4, -0.2) is 57.1 Å². The van der Waals surface area contributed by atoms with Gasteiger partial charge in [0.15, 0.2) is 0 Å². The summed E-state index contributed by atoms with van der Waals surface area (Å²) >= 11 is 0. The summed E-state index contributed by atoms with van der Waals surface area (Å²) in [6.45, 7) is 0.262. The van der Waals surface area contributed by atoms with Crippen molar-refractivity contribution in [3.63, 3.8) is 0 Å². The number of hydrogen-bond donors (Lipinski definition) is 2. The molecule has 0 saturated carbocycles. The van der Waals surface area contributed by atoms with E-state index in [1.54, 1.807) is 0 Å². The summed E-state index contributed by atoms with van der Waals surface area (Å²) in [5, 5.41) is 11.5. The third-order valence-corrected chi connectivity index (χ3v) is 4.35. The lowest BCUT2D eigenvalue weighted by Gasteiger charge is -2.42. The van der Waals surface area contributed by atoms with Crippen LogP contribution in [0, 0.1) is 12.3 Å². The summed E-state index contributed by atoms with van der Waals surface area (Å²) in [4.78, 5) is 38.1. The molecule has 3 heterocycles. The molecule has 2 N–H and O–H groups in total. The van der Waals surface area contributed by atoms with Crippen molar-refractivity contribution in [2.24, 2.45) is 0 Å². The lowest BCUT2D eigenvalue weighted by atomic mass is 9.85. The number of carbonyl (C=O) groups is 3. The van der Waals surface area contributed by atoms with E-state index in [-0.39, 0.29) is 12.6 Å². The number of nitrogens with one attached hydrogen (secondary N) is 1. The van der Waals surface area contributed by atoms with Gasteiger partial charge in [0.2, 0.25) is 0 Å². The standard InChI is InChI=1S/C12H13N3O4/c1-2-3-4-12-8-5-7(6-14(8)11(18)19)15(12)10(17)13-9(12)16/h1,7-8H,3-6H2,(H,18,19)(H,13,16,17). The number of fused-ring (bicyclic) bond motifs is 5. The minimum atomic E-state index is -1.11. The molecule has 19 heavy (non-hydrogen) atoms. The minimum Gasteiger partial charge on any atom is -0.465 e. The lowest BCUT2D eigenvalue weighted by molar-refractivity contribution is -0.129. The molecule has 100 valence electrons. The molecule has 3 fully saturated rings. The fourth-order valence-electron chi connectivity index (χ4n) is 3.69. The largest absolute Gasteiger partial charge is 0.465 e. The summed E-state index contributed by atoms with van der Waals surface area (Å²) < 4.78 is 0. The van der Waals surface area contributed by atoms with E-state index in [9.17, 15) is 19.5 Å². The normalized spacial score (nSPS) is 35.3. The maximum absolute atomic E-state index is 12.2. The molecule has 3 rings (SSSR count). The van der Waals surface area contributed by atoms with Crippen LogP contribution < -0.4 is 5.32 Å². The zero-order valence-corrected chi connectivity index (χ0v) is 10.1. The summed E-state index contributed by atoms with van der Waals surface area (Å²) in [5.41, 5.74) is -1.11. The van der Waals surface area contributed by atoms with Gasteiger partial charge < -0.3 is 14.9 Å². The predicted octanol–water partition coefficient (Wildman–Crippen LogP) is -0.175. The predicted molar refractivity (Wildman–Crippen MR) is 63.1 cm³/mol. The van der Waals surface area contributed by atoms with Crippen molar-refractivity contribution < 1.29 is 19.5 Å². The molecule has 3 aliphatic heterocycles. The summed E-state index contributed by atoms with van der Waals surface area (Å²) in [7, 11) is 0. The van der Waals surface area contributed by atoms with Crippen molar-refractivity contribution in [1.29, 1.82) is 0 Å². The van der Waals surface area contributed by atoms with Crippen LogP contribution in [-0.2, 0) is 4.79 Å². The number of nitrogens with zero attached hydrogens (tertiary/aromatic N) is 2. The third kappa shape index (κ3) is 1.26. The molecule has 0 aliphatic carbocycles. The Morgan fingerprint density at radius 3 is 2.95 bits per heavy atom. The van der Waals surface area contributed by atoms with Crippen molar-refractivity contribution in [2.45, 2.75) is 36.9 Å². The molecule has 3 saturated heterocycles. The van der Waals surface area contributed by atoms with Crippen molar-refractivity contribution in [1.82, 2.24) is 15.1 Å². The first-order valence-electron chi connectivity index (χ1n) is 6.10. The van der Waals surface area contributed by atoms with Gasteiger partial charge in [-0.3, -0.25) is 10.1 Å². The second-order valence-corrected chi connectivity index (χ2v) is 5.10. The first-order valence-corrected chi connectivity index (χ1v) is 6.10. The van der Waals surface area contributed by atoms with Gasteiger partial charge in [0.1, 0.15) is 5.54 Å². The van der Waals surface area contributed by atoms with E-state index in [1.165, 1.54) is 9.80 Å². The van der Waals surface area contributed by atoms with Gasteiger partial charge in [-0.1, -0.05) is 0 Å². The SMILES string of the molecule is C#CCCC12C(=O)NC(=O)N1C1CC2N(C(=O)O)C1. The molecule has 0 spiro atoms. The number of urea groups is 1. The molecular formula is C12H13N3O4. The fourth-order valence-corrected chi connectivity index (χ4v) is 3.69. The van der Waals surface area contributed by atoms with Crippen molar-refractivity contribution in [3.05, 3.63) is 0 Å². The van der Waals surface area contributed by atoms with E-state index >= 15 is 0 Å². The van der Waals surface area contributed by atoms with Crippen molar-refractivity contribution in [2.75, 3.05) is 6.54 Å². The van der Waals surface area contributed by atoms with Crippen LogP contribution in [0.5, 0.6) is 0 Å². The number of piperazine rings is 1. The summed E-state index contributed by atoms with van der Waals surface area (Å²) in [6.07, 6.45) is 5.32. The van der Waals surface area contributed by atoms with Gasteiger partial charge in [-0.2, -0.15) is 0 Å². The zero-order valence-electron chi connectivity index (χ0n) is 10.1. The Kier molecular flexibility index (Phi) is 2.26. The maximum Gasteiger partial charge on any atom is 0.407 e. The Labute approximate surface area is 109 Å². The highest BCUT2D eigenvalue weighted by Crippen LogP contribution is 2.48. The van der Waals surface area contributed by atoms with Crippen LogP contribution >= 0.6 is 0 Å². The Morgan fingerprint density at radius 1 is 1.58 bits per heavy atom. The van der Waals surface area contributed by atoms with E-state index in [0.29, 0.717) is 19.3 Å². The Morgan fingerprint density at radius 2 is 2.32 bits per heavy atom. The highest BCUT2D eigenvalue weighted by molar-refractivity contribution is 6.08. The number of carboxylic acid groups (broad SMARTS) is 1. The number of carbonyl (C=O) groups excluding carboxylic acids is 2. The maximum atomic E-state index is 12.2. The first kappa shape index (κ1) is 11.8. The van der Waals surface area contributed by atoms with Crippen molar-refractivity contribution in [3.8, 4) is 12.3 Å². The number of amides is 4. The van der Waals surface area contributed by atoms with Crippen LogP contribution in [0.25, 0.3) is 0 Å². The Balaban J connectivity index is 2.03. The van der Waals surface area contributed by atoms with E-state index < -0.39 is 29.6 Å². The Bertz CT molecular complexity index is 526. The van der Waals surface area contributed by atoms with E-state index in [0.717, 1.165) is 0 Å². The van der Waals surface area contributed by atoms with Crippen LogP contribution in [0.4, 0.5) is 9.59 Å². The zero-order chi connectivity index (χ0) is 13.8. The third-order valence-electron chi connectivity index (χ3n) is 4.35. The molecule has 3 aliphatic rings.